The predicted octanol–water partition coefficient (Wildman–Crippen LogP) is 4.22. The van der Waals surface area contributed by atoms with Crippen LogP contribution in [0.4, 0.5) is 0 Å². The molecule has 1 heterocycles. The third-order valence-electron chi connectivity index (χ3n) is 3.09. The zero-order chi connectivity index (χ0) is 14.1. The Balaban J connectivity index is 1.97. The van der Waals surface area contributed by atoms with Gasteiger partial charge in [0.1, 0.15) is 18.4 Å². The molecule has 1 aliphatic heterocycles. The highest BCUT2D eigenvalue weighted by Crippen LogP contribution is 2.34. The lowest BCUT2D eigenvalue weighted by atomic mass is 10.1. The van der Waals surface area contributed by atoms with Crippen molar-refractivity contribution in [2.45, 2.75) is 6.04 Å². The third kappa shape index (κ3) is 2.47. The van der Waals surface area contributed by atoms with Crippen LogP contribution in [0.5, 0.6) is 5.75 Å². The summed E-state index contributed by atoms with van der Waals surface area (Å²) in [5.74, 6) is 0.296. The van der Waals surface area contributed by atoms with E-state index in [0.29, 0.717) is 23.1 Å². The fourth-order valence-electron chi connectivity index (χ4n) is 2.10. The van der Waals surface area contributed by atoms with E-state index in [0.717, 1.165) is 5.56 Å². The highest BCUT2D eigenvalue weighted by atomic mass is 35.5. The molecule has 0 amide bonds. The molecule has 3 nitrogen and oxygen atoms in total. The summed E-state index contributed by atoms with van der Waals surface area (Å²) in [5, 5.41) is 10.6. The van der Waals surface area contributed by atoms with Gasteiger partial charge >= 0.3 is 0 Å². The Kier molecular flexibility index (Phi) is 3.55. The number of aromatic hydroxyl groups is 1. The number of phenolic OH excluding ortho intramolecular Hbond substituents is 1. The summed E-state index contributed by atoms with van der Waals surface area (Å²) < 4.78 is 5.57. The van der Waals surface area contributed by atoms with E-state index in [1.54, 1.807) is 6.07 Å². The third-order valence-corrected chi connectivity index (χ3v) is 3.60. The van der Waals surface area contributed by atoms with E-state index < -0.39 is 0 Å². The molecule has 0 spiro atoms. The Morgan fingerprint density at radius 3 is 2.65 bits per heavy atom. The molecule has 1 aliphatic rings. The minimum atomic E-state index is -0.0802. The van der Waals surface area contributed by atoms with E-state index in [1.807, 2.05) is 30.3 Å². The lowest BCUT2D eigenvalue weighted by Gasteiger charge is -2.06. The first-order valence-electron chi connectivity index (χ1n) is 6.09. The number of hydrogen-bond acceptors (Lipinski definition) is 3. The summed E-state index contributed by atoms with van der Waals surface area (Å²) in [6.45, 7) is 0.433. The molecule has 1 N–H and O–H groups in total. The number of rotatable bonds is 2. The van der Waals surface area contributed by atoms with E-state index in [1.165, 1.54) is 6.07 Å². The van der Waals surface area contributed by atoms with Crippen LogP contribution in [0.25, 0.3) is 0 Å². The molecule has 5 heteroatoms. The molecule has 0 radical (unpaired) electrons. The van der Waals surface area contributed by atoms with Crippen molar-refractivity contribution >= 4 is 29.1 Å². The Morgan fingerprint density at radius 2 is 1.90 bits per heavy atom. The molecule has 2 aromatic rings. The summed E-state index contributed by atoms with van der Waals surface area (Å²) in [5.41, 5.74) is 1.48. The highest BCUT2D eigenvalue weighted by Gasteiger charge is 2.24. The minimum absolute atomic E-state index is 0.0662. The van der Waals surface area contributed by atoms with Crippen molar-refractivity contribution in [1.82, 2.24) is 0 Å². The Hall–Kier alpha value is -1.71. The zero-order valence-electron chi connectivity index (χ0n) is 10.4. The Labute approximate surface area is 126 Å². The topological polar surface area (TPSA) is 41.8 Å². The molecule has 3 rings (SSSR count). The van der Waals surface area contributed by atoms with Crippen LogP contribution in [-0.4, -0.2) is 17.6 Å². The fraction of sp³-hybridized carbons (Fsp3) is 0.133. The van der Waals surface area contributed by atoms with Crippen molar-refractivity contribution in [2.75, 3.05) is 6.61 Å². The summed E-state index contributed by atoms with van der Waals surface area (Å²) in [6.07, 6.45) is 0. The largest absolute Gasteiger partial charge is 0.506 e. The van der Waals surface area contributed by atoms with Crippen LogP contribution in [0.15, 0.2) is 47.5 Å². The van der Waals surface area contributed by atoms with Gasteiger partial charge in [0.05, 0.1) is 10.6 Å². The average molecular weight is 308 g/mol. The van der Waals surface area contributed by atoms with E-state index in [2.05, 4.69) is 4.99 Å². The van der Waals surface area contributed by atoms with Crippen molar-refractivity contribution < 1.29 is 9.84 Å². The molecule has 0 aromatic heterocycles. The molecule has 0 fully saturated rings. The van der Waals surface area contributed by atoms with Crippen LogP contribution in [0.3, 0.4) is 0 Å². The second-order valence-corrected chi connectivity index (χ2v) is 5.30. The highest BCUT2D eigenvalue weighted by molar-refractivity contribution is 6.36. The van der Waals surface area contributed by atoms with Gasteiger partial charge in [0.25, 0.3) is 0 Å². The van der Waals surface area contributed by atoms with E-state index in [4.69, 9.17) is 27.9 Å². The summed E-state index contributed by atoms with van der Waals surface area (Å²) in [6, 6.07) is 12.8. The predicted molar refractivity (Wildman–Crippen MR) is 79.8 cm³/mol. The van der Waals surface area contributed by atoms with E-state index >= 15 is 0 Å². The number of phenols is 1. The first-order valence-corrected chi connectivity index (χ1v) is 6.84. The van der Waals surface area contributed by atoms with E-state index in [9.17, 15) is 5.11 Å². The van der Waals surface area contributed by atoms with Crippen molar-refractivity contribution in [3.05, 3.63) is 63.6 Å². The maximum Gasteiger partial charge on any atom is 0.220 e. The van der Waals surface area contributed by atoms with Gasteiger partial charge in [0.2, 0.25) is 5.90 Å². The number of hydrogen-bond donors (Lipinski definition) is 1. The first kappa shape index (κ1) is 13.3. The zero-order valence-corrected chi connectivity index (χ0v) is 11.9. The van der Waals surface area contributed by atoms with Gasteiger partial charge in [-0.25, -0.2) is 4.99 Å². The van der Waals surface area contributed by atoms with Gasteiger partial charge in [-0.1, -0.05) is 53.5 Å². The molecule has 2 aromatic carbocycles. The number of ether oxygens (including phenoxy) is 1. The minimum Gasteiger partial charge on any atom is -0.506 e. The van der Waals surface area contributed by atoms with Crippen LogP contribution in [0.1, 0.15) is 17.2 Å². The van der Waals surface area contributed by atoms with E-state index in [-0.39, 0.29) is 16.8 Å². The lowest BCUT2D eigenvalue weighted by molar-refractivity contribution is 0.318. The maximum absolute atomic E-state index is 9.99. The van der Waals surface area contributed by atoms with Gasteiger partial charge in [-0.05, 0) is 17.7 Å². The van der Waals surface area contributed by atoms with Gasteiger partial charge in [0, 0.05) is 5.02 Å². The lowest BCUT2D eigenvalue weighted by Crippen LogP contribution is -2.02. The summed E-state index contributed by atoms with van der Waals surface area (Å²) >= 11 is 11.9. The Bertz CT molecular complexity index is 671. The molecule has 0 bridgehead atoms. The quantitative estimate of drug-likeness (QED) is 0.902. The van der Waals surface area contributed by atoms with Crippen LogP contribution < -0.4 is 0 Å². The molecule has 0 unspecified atom stereocenters. The summed E-state index contributed by atoms with van der Waals surface area (Å²) in [4.78, 5) is 4.49. The Morgan fingerprint density at radius 1 is 1.15 bits per heavy atom. The normalized spacial score (nSPS) is 17.7. The first-order chi connectivity index (χ1) is 9.65. The number of halogens is 2. The van der Waals surface area contributed by atoms with Crippen molar-refractivity contribution in [2.24, 2.45) is 4.99 Å². The number of aliphatic imine (C=N–C) groups is 1. The monoisotopic (exact) mass is 307 g/mol. The standard InChI is InChI=1S/C15H11Cl2NO2/c16-10-6-11(14(19)12(17)7-10)15-18-13(8-20-15)9-4-2-1-3-5-9/h1-7,13,19H,8H2/t13-/m1/s1. The van der Waals surface area contributed by atoms with Crippen LogP contribution in [0, 0.1) is 0 Å². The van der Waals surface area contributed by atoms with Gasteiger partial charge in [-0.15, -0.1) is 0 Å². The van der Waals surface area contributed by atoms with Crippen molar-refractivity contribution in [3.8, 4) is 5.75 Å². The van der Waals surface area contributed by atoms with Gasteiger partial charge in [-0.2, -0.15) is 0 Å². The van der Waals surface area contributed by atoms with Gasteiger partial charge in [0.15, 0.2) is 0 Å². The average Bonchev–Trinajstić information content (AvgIpc) is 2.93. The molecule has 1 atom stereocenters. The summed E-state index contributed by atoms with van der Waals surface area (Å²) in [7, 11) is 0. The second-order valence-electron chi connectivity index (χ2n) is 4.46. The second kappa shape index (κ2) is 5.35. The smallest absolute Gasteiger partial charge is 0.220 e. The molecule has 0 saturated heterocycles. The molecule has 0 saturated carbocycles. The molecule has 0 aliphatic carbocycles. The number of benzene rings is 2. The number of nitrogens with zero attached hydrogens (tertiary/aromatic N) is 1. The van der Waals surface area contributed by atoms with Crippen LogP contribution in [-0.2, 0) is 4.74 Å². The van der Waals surface area contributed by atoms with Crippen LogP contribution in [0.2, 0.25) is 10.0 Å². The maximum atomic E-state index is 9.99. The molecule has 102 valence electrons. The van der Waals surface area contributed by atoms with Crippen molar-refractivity contribution in [3.63, 3.8) is 0 Å². The van der Waals surface area contributed by atoms with Gasteiger partial charge < -0.3 is 9.84 Å². The van der Waals surface area contributed by atoms with Crippen LogP contribution >= 0.6 is 23.2 Å². The van der Waals surface area contributed by atoms with Gasteiger partial charge in [-0.3, -0.25) is 0 Å². The SMILES string of the molecule is Oc1c(Cl)cc(Cl)cc1C1=N[C@@H](c2ccccc2)CO1. The molecule has 20 heavy (non-hydrogen) atoms. The fourth-order valence-corrected chi connectivity index (χ4v) is 2.59. The molecular weight excluding hydrogens is 297 g/mol. The van der Waals surface area contributed by atoms with Crippen molar-refractivity contribution in [1.29, 1.82) is 0 Å². The molecular formula is C15H11Cl2NO2.